The van der Waals surface area contributed by atoms with E-state index < -0.39 is 0 Å². The lowest BCUT2D eigenvalue weighted by Gasteiger charge is -2.05. The van der Waals surface area contributed by atoms with Gasteiger partial charge in [-0.1, -0.05) is 24.4 Å². The summed E-state index contributed by atoms with van der Waals surface area (Å²) in [4.78, 5) is 0.337. The molecule has 0 unspecified atom stereocenters. The fourth-order valence-electron chi connectivity index (χ4n) is 1.04. The van der Waals surface area contributed by atoms with Gasteiger partial charge >= 0.3 is 0 Å². The highest BCUT2D eigenvalue weighted by molar-refractivity contribution is 7.80. The Hall–Kier alpha value is -1.13. The van der Waals surface area contributed by atoms with Crippen LogP contribution in [0.5, 0.6) is 5.75 Å². The average Bonchev–Trinajstić information content (AvgIpc) is 2.17. The molecule has 0 saturated heterocycles. The van der Waals surface area contributed by atoms with Crippen LogP contribution >= 0.6 is 12.2 Å². The number of hydrogen-bond donors (Lipinski definition) is 2. The molecule has 0 aromatic heterocycles. The molecule has 1 aromatic carbocycles. The van der Waals surface area contributed by atoms with Crippen LogP contribution in [0.1, 0.15) is 5.56 Å². The van der Waals surface area contributed by atoms with Gasteiger partial charge in [0.05, 0.1) is 0 Å². The van der Waals surface area contributed by atoms with Gasteiger partial charge in [0, 0.05) is 6.61 Å². The first kappa shape index (κ1) is 10.9. The van der Waals surface area contributed by atoms with Crippen molar-refractivity contribution in [3.05, 3.63) is 29.8 Å². The zero-order valence-corrected chi connectivity index (χ0v) is 8.59. The highest BCUT2D eigenvalue weighted by Gasteiger charge is 1.95. The van der Waals surface area contributed by atoms with Crippen LogP contribution in [-0.2, 0) is 6.42 Å². The van der Waals surface area contributed by atoms with Crippen LogP contribution in [0.2, 0.25) is 0 Å². The molecule has 3 nitrogen and oxygen atoms in total. The lowest BCUT2D eigenvalue weighted by molar-refractivity contribution is 0.299. The van der Waals surface area contributed by atoms with Crippen molar-refractivity contribution in [2.75, 3.05) is 13.2 Å². The van der Waals surface area contributed by atoms with E-state index in [9.17, 15) is 0 Å². The van der Waals surface area contributed by atoms with Gasteiger partial charge in [-0.25, -0.2) is 0 Å². The molecule has 14 heavy (non-hydrogen) atoms. The van der Waals surface area contributed by atoms with Crippen LogP contribution in [0.25, 0.3) is 0 Å². The summed E-state index contributed by atoms with van der Waals surface area (Å²) in [7, 11) is 0. The molecule has 0 aliphatic heterocycles. The first-order chi connectivity index (χ1) is 6.72. The first-order valence-electron chi connectivity index (χ1n) is 4.33. The third-order valence-corrected chi connectivity index (χ3v) is 1.82. The highest BCUT2D eigenvalue weighted by atomic mass is 32.1. The number of ether oxygens (including phenoxy) is 1. The monoisotopic (exact) mass is 211 g/mol. The van der Waals surface area contributed by atoms with E-state index in [0.717, 1.165) is 11.3 Å². The number of rotatable bonds is 5. The van der Waals surface area contributed by atoms with Crippen LogP contribution in [0, 0.1) is 0 Å². The maximum atomic E-state index is 8.70. The van der Waals surface area contributed by atoms with Crippen molar-refractivity contribution in [1.82, 2.24) is 0 Å². The summed E-state index contributed by atoms with van der Waals surface area (Å²) in [5.41, 5.74) is 6.37. The van der Waals surface area contributed by atoms with E-state index in [1.807, 2.05) is 24.3 Å². The van der Waals surface area contributed by atoms with E-state index in [2.05, 4.69) is 12.2 Å². The van der Waals surface area contributed by atoms with Crippen molar-refractivity contribution in [3.8, 4) is 5.75 Å². The van der Waals surface area contributed by atoms with E-state index in [4.69, 9.17) is 15.6 Å². The molecule has 0 spiro atoms. The molecule has 0 atom stereocenters. The SMILES string of the molecule is NC(=S)COc1ccc(CCO)cc1. The van der Waals surface area contributed by atoms with Crippen molar-refractivity contribution in [3.63, 3.8) is 0 Å². The molecule has 0 saturated carbocycles. The molecule has 1 rings (SSSR count). The zero-order chi connectivity index (χ0) is 10.4. The van der Waals surface area contributed by atoms with Gasteiger partial charge < -0.3 is 15.6 Å². The van der Waals surface area contributed by atoms with E-state index >= 15 is 0 Å². The van der Waals surface area contributed by atoms with E-state index in [-0.39, 0.29) is 13.2 Å². The minimum Gasteiger partial charge on any atom is -0.487 e. The Morgan fingerprint density at radius 3 is 2.50 bits per heavy atom. The molecule has 0 fully saturated rings. The second kappa shape index (κ2) is 5.57. The zero-order valence-electron chi connectivity index (χ0n) is 7.77. The van der Waals surface area contributed by atoms with Crippen LogP contribution in [0.3, 0.4) is 0 Å². The fourth-order valence-corrected chi connectivity index (χ4v) is 1.09. The number of thiocarbonyl (C=S) groups is 1. The molecule has 0 amide bonds. The molecule has 4 heteroatoms. The van der Waals surface area contributed by atoms with Gasteiger partial charge in [-0.15, -0.1) is 0 Å². The molecule has 0 aliphatic carbocycles. The molecule has 1 aromatic rings. The van der Waals surface area contributed by atoms with Gasteiger partial charge in [-0.05, 0) is 24.1 Å². The summed E-state index contributed by atoms with van der Waals surface area (Å²) in [6.45, 7) is 0.418. The van der Waals surface area contributed by atoms with Gasteiger partial charge in [0.2, 0.25) is 0 Å². The summed E-state index contributed by atoms with van der Waals surface area (Å²) in [5.74, 6) is 0.736. The molecule has 0 heterocycles. The van der Waals surface area contributed by atoms with Crippen molar-refractivity contribution < 1.29 is 9.84 Å². The third kappa shape index (κ3) is 3.72. The van der Waals surface area contributed by atoms with Crippen molar-refractivity contribution in [1.29, 1.82) is 0 Å². The van der Waals surface area contributed by atoms with Crippen molar-refractivity contribution in [2.45, 2.75) is 6.42 Å². The summed E-state index contributed by atoms with van der Waals surface area (Å²) in [5, 5.41) is 8.70. The minimum atomic E-state index is 0.160. The number of aliphatic hydroxyl groups excluding tert-OH is 1. The smallest absolute Gasteiger partial charge is 0.138 e. The van der Waals surface area contributed by atoms with Crippen molar-refractivity contribution >= 4 is 17.2 Å². The Balaban J connectivity index is 2.50. The van der Waals surface area contributed by atoms with Crippen LogP contribution in [0.15, 0.2) is 24.3 Å². The Labute approximate surface area is 88.5 Å². The largest absolute Gasteiger partial charge is 0.487 e. The van der Waals surface area contributed by atoms with Gasteiger partial charge in [-0.2, -0.15) is 0 Å². The maximum absolute atomic E-state index is 8.70. The molecule has 0 bridgehead atoms. The summed E-state index contributed by atoms with van der Waals surface area (Å²) in [6.07, 6.45) is 0.662. The van der Waals surface area contributed by atoms with Crippen LogP contribution in [-0.4, -0.2) is 23.3 Å². The predicted molar refractivity (Wildman–Crippen MR) is 59.5 cm³/mol. The average molecular weight is 211 g/mol. The molecule has 76 valence electrons. The number of hydrogen-bond acceptors (Lipinski definition) is 3. The Morgan fingerprint density at radius 2 is 2.00 bits per heavy atom. The Bertz CT molecular complexity index is 297. The second-order valence-corrected chi connectivity index (χ2v) is 3.40. The fraction of sp³-hybridized carbons (Fsp3) is 0.300. The normalized spacial score (nSPS) is 9.79. The molecule has 3 N–H and O–H groups in total. The van der Waals surface area contributed by atoms with Gasteiger partial charge in [0.15, 0.2) is 0 Å². The van der Waals surface area contributed by atoms with E-state index in [0.29, 0.717) is 11.4 Å². The Kier molecular flexibility index (Phi) is 4.35. The number of nitrogens with two attached hydrogens (primary N) is 1. The molecule has 0 aliphatic rings. The third-order valence-electron chi connectivity index (χ3n) is 1.70. The van der Waals surface area contributed by atoms with Crippen LogP contribution < -0.4 is 10.5 Å². The van der Waals surface area contributed by atoms with E-state index in [1.54, 1.807) is 0 Å². The van der Waals surface area contributed by atoms with Crippen LogP contribution in [0.4, 0.5) is 0 Å². The summed E-state index contributed by atoms with van der Waals surface area (Å²) >= 11 is 4.68. The minimum absolute atomic E-state index is 0.160. The van der Waals surface area contributed by atoms with Gasteiger partial charge in [-0.3, -0.25) is 0 Å². The highest BCUT2D eigenvalue weighted by Crippen LogP contribution is 2.12. The molecular weight excluding hydrogens is 198 g/mol. The van der Waals surface area contributed by atoms with Crippen molar-refractivity contribution in [2.24, 2.45) is 5.73 Å². The lowest BCUT2D eigenvalue weighted by Crippen LogP contribution is -2.17. The van der Waals surface area contributed by atoms with E-state index in [1.165, 1.54) is 0 Å². The molecular formula is C10H13NO2S. The maximum Gasteiger partial charge on any atom is 0.138 e. The second-order valence-electron chi connectivity index (χ2n) is 2.87. The summed E-state index contributed by atoms with van der Waals surface area (Å²) in [6, 6.07) is 7.49. The quantitative estimate of drug-likeness (QED) is 0.710. The van der Waals surface area contributed by atoms with Gasteiger partial charge in [0.1, 0.15) is 17.3 Å². The number of aliphatic hydroxyl groups is 1. The Morgan fingerprint density at radius 1 is 1.36 bits per heavy atom. The topological polar surface area (TPSA) is 55.5 Å². The van der Waals surface area contributed by atoms with Gasteiger partial charge in [0.25, 0.3) is 0 Å². The lowest BCUT2D eigenvalue weighted by atomic mass is 10.1. The first-order valence-corrected chi connectivity index (χ1v) is 4.74. The molecule has 0 radical (unpaired) electrons. The number of benzene rings is 1. The predicted octanol–water partition coefficient (Wildman–Crippen LogP) is 0.886. The standard InChI is InChI=1S/C10H13NO2S/c11-10(14)7-13-9-3-1-8(2-4-9)5-6-12/h1-4,12H,5-7H2,(H2,11,14). The summed E-state index contributed by atoms with van der Waals surface area (Å²) < 4.78 is 5.27.